The summed E-state index contributed by atoms with van der Waals surface area (Å²) >= 11 is 0. The van der Waals surface area contributed by atoms with E-state index in [9.17, 15) is 10.3 Å². The van der Waals surface area contributed by atoms with Crippen LogP contribution < -0.4 is 0 Å². The van der Waals surface area contributed by atoms with Gasteiger partial charge in [-0.15, -0.1) is 6.58 Å². The van der Waals surface area contributed by atoms with Crippen LogP contribution in [0.25, 0.3) is 0 Å². The molecule has 0 aliphatic heterocycles. The van der Waals surface area contributed by atoms with Crippen molar-refractivity contribution in [3.63, 3.8) is 0 Å². The number of hydrogen-bond donors (Lipinski definition) is 4. The van der Waals surface area contributed by atoms with Gasteiger partial charge in [-0.05, 0) is 110 Å². The Bertz CT molecular complexity index is 770. The lowest BCUT2D eigenvalue weighted by Crippen LogP contribution is -2.65. The lowest BCUT2D eigenvalue weighted by atomic mass is 9.33. The monoisotopic (exact) mass is 521 g/mol. The maximum Gasteiger partial charge on any atom is 0.0609 e. The molecule has 0 radical (unpaired) electrons. The predicted molar refractivity (Wildman–Crippen MR) is 154 cm³/mol. The van der Waals surface area contributed by atoms with E-state index in [2.05, 4.69) is 39.4 Å². The van der Waals surface area contributed by atoms with Crippen molar-refractivity contribution in [3.8, 4) is 0 Å². The molecule has 0 aromatic carbocycles. The number of nitrogens with zero attached hydrogens (tertiary/aromatic N) is 1. The van der Waals surface area contributed by atoms with Gasteiger partial charge in [-0.3, -0.25) is 0 Å². The van der Waals surface area contributed by atoms with Crippen LogP contribution in [0.3, 0.4) is 0 Å². The number of fused-ring (bicyclic) bond motifs is 7. The Morgan fingerprint density at radius 1 is 0.865 bits per heavy atom. The number of aliphatic hydroxyl groups is 3. The molecule has 5 heteroatoms. The van der Waals surface area contributed by atoms with E-state index >= 15 is 0 Å². The third-order valence-electron chi connectivity index (χ3n) is 12.5. The molecule has 5 rings (SSSR count). The molecule has 5 fully saturated rings. The van der Waals surface area contributed by atoms with Crippen LogP contribution in [0.2, 0.25) is 0 Å². The topological polar surface area (TPSA) is 93.3 Å². The molecule has 0 aromatic rings. The summed E-state index contributed by atoms with van der Waals surface area (Å²) in [5.41, 5.74) is 2.52. The molecule has 5 nitrogen and oxygen atoms in total. The molecule has 8 unspecified atom stereocenters. The largest absolute Gasteiger partial charge is 0.411 e. The Morgan fingerprint density at radius 2 is 1.51 bits per heavy atom. The van der Waals surface area contributed by atoms with Crippen LogP contribution in [0, 0.1) is 51.2 Å². The Labute approximate surface area is 227 Å². The summed E-state index contributed by atoms with van der Waals surface area (Å²) < 4.78 is 0. The fraction of sp³-hybridized carbons (Fsp3) is 0.906. The van der Waals surface area contributed by atoms with Crippen molar-refractivity contribution in [2.45, 2.75) is 112 Å². The lowest BCUT2D eigenvalue weighted by Gasteiger charge is -2.71. The first-order valence-corrected chi connectivity index (χ1v) is 15.2. The Morgan fingerprint density at radius 3 is 2.08 bits per heavy atom. The van der Waals surface area contributed by atoms with Crippen molar-refractivity contribution in [2.75, 3.05) is 20.3 Å². The van der Waals surface area contributed by atoms with E-state index in [0.717, 1.165) is 37.0 Å². The van der Waals surface area contributed by atoms with Gasteiger partial charge >= 0.3 is 0 Å². The first-order valence-electron chi connectivity index (χ1n) is 15.2. The molecule has 9 atom stereocenters. The minimum absolute atomic E-state index is 0.0833. The number of oxime groups is 1. The number of aliphatic hydroxyl groups excluding tert-OH is 3. The number of hydrogen-bond acceptors (Lipinski definition) is 5. The molecular formula is C32H59NO4. The van der Waals surface area contributed by atoms with Crippen LogP contribution in [0.4, 0.5) is 0 Å². The third-order valence-corrected chi connectivity index (χ3v) is 12.5. The van der Waals surface area contributed by atoms with Crippen LogP contribution >= 0.6 is 0 Å². The molecule has 0 spiro atoms. The van der Waals surface area contributed by atoms with Crippen LogP contribution in [-0.4, -0.2) is 46.6 Å². The molecule has 5 aliphatic carbocycles. The summed E-state index contributed by atoms with van der Waals surface area (Å²) in [6.07, 6.45) is 15.5. The molecule has 0 saturated heterocycles. The highest BCUT2D eigenvalue weighted by atomic mass is 16.4. The van der Waals surface area contributed by atoms with Crippen LogP contribution in [0.5, 0.6) is 0 Å². The zero-order valence-electron chi connectivity index (χ0n) is 25.1. The molecule has 0 heterocycles. The van der Waals surface area contributed by atoms with Crippen molar-refractivity contribution in [3.05, 3.63) is 12.7 Å². The first-order chi connectivity index (χ1) is 17.7. The third kappa shape index (κ3) is 5.07. The average molecular weight is 522 g/mol. The van der Waals surface area contributed by atoms with E-state index in [-0.39, 0.29) is 12.0 Å². The van der Waals surface area contributed by atoms with Crippen molar-refractivity contribution >= 4 is 5.71 Å². The molecule has 5 saturated carbocycles. The van der Waals surface area contributed by atoms with Gasteiger partial charge in [0.05, 0.1) is 12.3 Å². The average Bonchev–Trinajstić information content (AvgIpc) is 3.36. The van der Waals surface area contributed by atoms with Gasteiger partial charge in [0.1, 0.15) is 0 Å². The van der Waals surface area contributed by atoms with E-state index in [1.807, 2.05) is 13.8 Å². The van der Waals surface area contributed by atoms with Gasteiger partial charge in [0.2, 0.25) is 0 Å². The minimum Gasteiger partial charge on any atom is -0.411 e. The Kier molecular flexibility index (Phi) is 11.3. The second-order valence-electron chi connectivity index (χ2n) is 13.1. The predicted octanol–water partition coefficient (Wildman–Crippen LogP) is 7.07. The molecule has 5 aliphatic rings. The summed E-state index contributed by atoms with van der Waals surface area (Å²) in [5, 5.41) is 38.3. The van der Waals surface area contributed by atoms with Gasteiger partial charge in [0.25, 0.3) is 0 Å². The smallest absolute Gasteiger partial charge is 0.0609 e. The van der Waals surface area contributed by atoms with E-state index in [0.29, 0.717) is 34.7 Å². The maximum absolute atomic E-state index is 10.4. The quantitative estimate of drug-likeness (QED) is 0.177. The summed E-state index contributed by atoms with van der Waals surface area (Å²) in [6.45, 7) is 18.0. The molecule has 216 valence electrons. The fourth-order valence-corrected chi connectivity index (χ4v) is 10.5. The Balaban J connectivity index is 0.000000541. The molecule has 0 aromatic heterocycles. The van der Waals surface area contributed by atoms with E-state index in [1.165, 1.54) is 70.3 Å². The maximum atomic E-state index is 10.4. The normalized spacial score (nSPS) is 46.6. The summed E-state index contributed by atoms with van der Waals surface area (Å²) in [4.78, 5) is 0. The van der Waals surface area contributed by atoms with Crippen LogP contribution in [-0.2, 0) is 0 Å². The molecule has 0 bridgehead atoms. The summed E-state index contributed by atoms with van der Waals surface area (Å²) in [5.74, 6) is 3.46. The van der Waals surface area contributed by atoms with Crippen LogP contribution in [0.15, 0.2) is 17.8 Å². The van der Waals surface area contributed by atoms with E-state index in [4.69, 9.17) is 10.2 Å². The van der Waals surface area contributed by atoms with E-state index < -0.39 is 0 Å². The molecule has 0 amide bonds. The number of rotatable bonds is 2. The summed E-state index contributed by atoms with van der Waals surface area (Å²) in [6, 6.07) is 0. The second-order valence-corrected chi connectivity index (χ2v) is 13.1. The van der Waals surface area contributed by atoms with Crippen molar-refractivity contribution in [1.82, 2.24) is 0 Å². The Hall–Kier alpha value is -0.910. The van der Waals surface area contributed by atoms with Crippen LogP contribution in [0.1, 0.15) is 112 Å². The summed E-state index contributed by atoms with van der Waals surface area (Å²) in [7, 11) is 1.00. The standard InChI is InChI=1S/C26H43NO2.C3H6O.C2H6.CH4O/c1-17-18-9-13-25(4)22(23(18,2)12-10-21(17)27-29)8-7-19-20-6-5-11-26(20,16-28)15-14-24(19,25)3;1-2-3-4;2*1-2/h17-20,22,28-29H,5-16H2,1-4H3;2,4H,1,3H2;1-2H3;2H,1H3/b27-21+;;;/t17?,18?,19?,20?,22?,23?,24-,25?,26?;;;/m1.../s1. The first kappa shape index (κ1) is 32.3. The zero-order valence-corrected chi connectivity index (χ0v) is 25.1. The minimum atomic E-state index is 0.0833. The van der Waals surface area contributed by atoms with E-state index in [1.54, 1.807) is 0 Å². The lowest BCUT2D eigenvalue weighted by molar-refractivity contribution is -0.223. The van der Waals surface area contributed by atoms with Gasteiger partial charge in [0.15, 0.2) is 0 Å². The van der Waals surface area contributed by atoms with Gasteiger partial charge in [-0.25, -0.2) is 0 Å². The van der Waals surface area contributed by atoms with Gasteiger partial charge in [-0.2, -0.15) is 0 Å². The van der Waals surface area contributed by atoms with Crippen molar-refractivity contribution < 1.29 is 20.5 Å². The van der Waals surface area contributed by atoms with Gasteiger partial charge in [0, 0.05) is 19.6 Å². The van der Waals surface area contributed by atoms with Gasteiger partial charge < -0.3 is 20.5 Å². The zero-order chi connectivity index (χ0) is 28.1. The molecule has 37 heavy (non-hydrogen) atoms. The highest BCUT2D eigenvalue weighted by Crippen LogP contribution is 2.75. The SMILES string of the molecule is C=CCO.CC.CC1/C(=N/O)CCC2(C)C1CCC1(C)C2CCC2C3CCCC3(CO)CC[C@]21C.CO. The fourth-order valence-electron chi connectivity index (χ4n) is 10.5. The van der Waals surface area contributed by atoms with Crippen molar-refractivity contribution in [2.24, 2.45) is 56.4 Å². The highest BCUT2D eigenvalue weighted by molar-refractivity contribution is 5.87. The highest BCUT2D eigenvalue weighted by Gasteiger charge is 2.68. The van der Waals surface area contributed by atoms with Crippen molar-refractivity contribution in [1.29, 1.82) is 0 Å². The van der Waals surface area contributed by atoms with Gasteiger partial charge in [-0.1, -0.05) is 59.2 Å². The second kappa shape index (κ2) is 13.0. The molecular weight excluding hydrogens is 462 g/mol. The molecule has 4 N–H and O–H groups in total.